The topological polar surface area (TPSA) is 113 Å². The van der Waals surface area contributed by atoms with Gasteiger partial charge in [0.2, 0.25) is 11.8 Å². The molecule has 2 aromatic rings. The molecule has 0 bridgehead atoms. The molecule has 3 N–H and O–H groups in total. The van der Waals surface area contributed by atoms with Gasteiger partial charge in [0, 0.05) is 18.3 Å². The predicted molar refractivity (Wildman–Crippen MR) is 76.6 cm³/mol. The number of hydrogen-bond acceptors (Lipinski definition) is 5. The van der Waals surface area contributed by atoms with Gasteiger partial charge in [-0.3, -0.25) is 9.59 Å². The summed E-state index contributed by atoms with van der Waals surface area (Å²) >= 11 is 0. The van der Waals surface area contributed by atoms with Crippen LogP contribution in [0.2, 0.25) is 0 Å². The van der Waals surface area contributed by atoms with Crippen molar-refractivity contribution in [1.29, 1.82) is 0 Å². The second kappa shape index (κ2) is 6.60. The molecule has 0 aliphatic carbocycles. The SMILES string of the molecule is CCc1ccc(NC(C)=O)cc1NC(=O)Cc1nn[nH]n1. The second-order valence-electron chi connectivity index (χ2n) is 4.46. The van der Waals surface area contributed by atoms with Crippen LogP contribution in [0.25, 0.3) is 0 Å². The summed E-state index contributed by atoms with van der Waals surface area (Å²) in [5.41, 5.74) is 2.28. The number of aromatic nitrogens is 4. The van der Waals surface area contributed by atoms with E-state index in [4.69, 9.17) is 0 Å². The van der Waals surface area contributed by atoms with E-state index in [1.165, 1.54) is 6.92 Å². The molecule has 0 fully saturated rings. The van der Waals surface area contributed by atoms with Gasteiger partial charge in [-0.1, -0.05) is 18.2 Å². The Bertz CT molecular complexity index is 638. The summed E-state index contributed by atoms with van der Waals surface area (Å²) in [4.78, 5) is 23.0. The van der Waals surface area contributed by atoms with Gasteiger partial charge in [-0.15, -0.1) is 10.2 Å². The molecule has 110 valence electrons. The van der Waals surface area contributed by atoms with Crippen molar-refractivity contribution in [3.05, 3.63) is 29.6 Å². The number of carbonyl (C=O) groups is 2. The van der Waals surface area contributed by atoms with E-state index >= 15 is 0 Å². The molecule has 2 amide bonds. The summed E-state index contributed by atoms with van der Waals surface area (Å²) in [5, 5.41) is 18.6. The van der Waals surface area contributed by atoms with E-state index in [0.717, 1.165) is 12.0 Å². The van der Waals surface area contributed by atoms with Crippen LogP contribution in [0.3, 0.4) is 0 Å². The first-order chi connectivity index (χ1) is 10.1. The maximum absolute atomic E-state index is 12.0. The normalized spacial score (nSPS) is 10.2. The second-order valence-corrected chi connectivity index (χ2v) is 4.46. The maximum Gasteiger partial charge on any atom is 0.232 e. The van der Waals surface area contributed by atoms with Gasteiger partial charge in [0.15, 0.2) is 5.82 Å². The van der Waals surface area contributed by atoms with Crippen molar-refractivity contribution in [2.24, 2.45) is 0 Å². The van der Waals surface area contributed by atoms with Gasteiger partial charge in [-0.25, -0.2) is 0 Å². The Labute approximate surface area is 121 Å². The van der Waals surface area contributed by atoms with Crippen molar-refractivity contribution in [1.82, 2.24) is 20.6 Å². The van der Waals surface area contributed by atoms with E-state index in [2.05, 4.69) is 31.3 Å². The molecule has 8 heteroatoms. The molecule has 0 spiro atoms. The van der Waals surface area contributed by atoms with Gasteiger partial charge in [-0.2, -0.15) is 5.21 Å². The highest BCUT2D eigenvalue weighted by atomic mass is 16.2. The summed E-state index contributed by atoms with van der Waals surface area (Å²) in [7, 11) is 0. The van der Waals surface area contributed by atoms with Crippen molar-refractivity contribution < 1.29 is 9.59 Å². The number of carbonyl (C=O) groups excluding carboxylic acids is 2. The van der Waals surface area contributed by atoms with Crippen LogP contribution < -0.4 is 10.6 Å². The Balaban J connectivity index is 2.12. The third kappa shape index (κ3) is 4.10. The molecule has 0 unspecified atom stereocenters. The van der Waals surface area contributed by atoms with Crippen LogP contribution in [0, 0.1) is 0 Å². The van der Waals surface area contributed by atoms with Crippen LogP contribution in [-0.4, -0.2) is 32.4 Å². The fraction of sp³-hybridized carbons (Fsp3) is 0.308. The van der Waals surface area contributed by atoms with Gasteiger partial charge >= 0.3 is 0 Å². The lowest BCUT2D eigenvalue weighted by Crippen LogP contribution is -2.17. The minimum Gasteiger partial charge on any atom is -0.326 e. The average Bonchev–Trinajstić information content (AvgIpc) is 2.91. The number of nitrogens with one attached hydrogen (secondary N) is 3. The molecule has 2 rings (SSSR count). The highest BCUT2D eigenvalue weighted by Crippen LogP contribution is 2.22. The number of rotatable bonds is 5. The summed E-state index contributed by atoms with van der Waals surface area (Å²) in [6.07, 6.45) is 0.794. The minimum absolute atomic E-state index is 0.0318. The zero-order valence-electron chi connectivity index (χ0n) is 11.8. The Kier molecular flexibility index (Phi) is 4.60. The van der Waals surface area contributed by atoms with Crippen LogP contribution >= 0.6 is 0 Å². The van der Waals surface area contributed by atoms with Gasteiger partial charge < -0.3 is 10.6 Å². The van der Waals surface area contributed by atoms with E-state index in [-0.39, 0.29) is 18.2 Å². The molecule has 8 nitrogen and oxygen atoms in total. The average molecular weight is 288 g/mol. The zero-order chi connectivity index (χ0) is 15.2. The quantitative estimate of drug-likeness (QED) is 0.756. The standard InChI is InChI=1S/C13H16N6O2/c1-3-9-4-5-10(14-8(2)20)6-11(9)15-13(21)7-12-16-18-19-17-12/h4-6H,3,7H2,1-2H3,(H,14,20)(H,15,21)(H,16,17,18,19). The van der Waals surface area contributed by atoms with E-state index < -0.39 is 0 Å². The van der Waals surface area contributed by atoms with Crippen LogP contribution in [-0.2, 0) is 22.4 Å². The number of H-pyrrole nitrogens is 1. The lowest BCUT2D eigenvalue weighted by atomic mass is 10.1. The van der Waals surface area contributed by atoms with Gasteiger partial charge in [-0.05, 0) is 24.1 Å². The Morgan fingerprint density at radius 1 is 1.29 bits per heavy atom. The van der Waals surface area contributed by atoms with Crippen molar-refractivity contribution >= 4 is 23.2 Å². The number of hydrogen-bond donors (Lipinski definition) is 3. The monoisotopic (exact) mass is 288 g/mol. The third-order valence-corrected chi connectivity index (χ3v) is 2.79. The summed E-state index contributed by atoms with van der Waals surface area (Å²) in [6, 6.07) is 5.40. The molecular formula is C13H16N6O2. The van der Waals surface area contributed by atoms with Crippen molar-refractivity contribution in [3.63, 3.8) is 0 Å². The number of benzene rings is 1. The molecular weight excluding hydrogens is 272 g/mol. The molecule has 21 heavy (non-hydrogen) atoms. The highest BCUT2D eigenvalue weighted by Gasteiger charge is 2.10. The van der Waals surface area contributed by atoms with Gasteiger partial charge in [0.25, 0.3) is 0 Å². The number of tetrazole rings is 1. The molecule has 0 radical (unpaired) electrons. The minimum atomic E-state index is -0.244. The lowest BCUT2D eigenvalue weighted by Gasteiger charge is -2.12. The molecule has 1 aromatic heterocycles. The maximum atomic E-state index is 12.0. The fourth-order valence-corrected chi connectivity index (χ4v) is 1.88. The number of amides is 2. The fourth-order valence-electron chi connectivity index (χ4n) is 1.88. The highest BCUT2D eigenvalue weighted by molar-refractivity contribution is 5.94. The zero-order valence-corrected chi connectivity index (χ0v) is 11.8. The Hall–Kier alpha value is -2.77. The molecule has 0 atom stereocenters. The number of anilines is 2. The first-order valence-corrected chi connectivity index (χ1v) is 6.51. The van der Waals surface area contributed by atoms with E-state index in [0.29, 0.717) is 17.2 Å². The number of nitrogens with zero attached hydrogens (tertiary/aromatic N) is 3. The van der Waals surface area contributed by atoms with E-state index in [1.807, 2.05) is 13.0 Å². The molecule has 1 aromatic carbocycles. The van der Waals surface area contributed by atoms with Crippen LogP contribution in [0.4, 0.5) is 11.4 Å². The molecule has 0 saturated carbocycles. The summed E-state index contributed by atoms with van der Waals surface area (Å²) < 4.78 is 0. The number of aromatic amines is 1. The first-order valence-electron chi connectivity index (χ1n) is 6.51. The first kappa shape index (κ1) is 14.6. The summed E-state index contributed by atoms with van der Waals surface area (Å²) in [6.45, 7) is 3.42. The largest absolute Gasteiger partial charge is 0.326 e. The van der Waals surface area contributed by atoms with Crippen LogP contribution in [0.5, 0.6) is 0 Å². The molecule has 0 aliphatic rings. The van der Waals surface area contributed by atoms with Crippen molar-refractivity contribution in [2.45, 2.75) is 26.7 Å². The van der Waals surface area contributed by atoms with Crippen LogP contribution in [0.15, 0.2) is 18.2 Å². The Morgan fingerprint density at radius 3 is 2.71 bits per heavy atom. The molecule has 1 heterocycles. The smallest absolute Gasteiger partial charge is 0.232 e. The Morgan fingerprint density at radius 2 is 2.10 bits per heavy atom. The van der Waals surface area contributed by atoms with Crippen molar-refractivity contribution in [3.8, 4) is 0 Å². The lowest BCUT2D eigenvalue weighted by molar-refractivity contribution is -0.116. The van der Waals surface area contributed by atoms with Crippen molar-refractivity contribution in [2.75, 3.05) is 10.6 Å². The number of aryl methyl sites for hydroxylation is 1. The van der Waals surface area contributed by atoms with Crippen LogP contribution in [0.1, 0.15) is 25.2 Å². The molecule has 0 aliphatic heterocycles. The van der Waals surface area contributed by atoms with E-state index in [9.17, 15) is 9.59 Å². The summed E-state index contributed by atoms with van der Waals surface area (Å²) in [5.74, 6) is -0.0852. The van der Waals surface area contributed by atoms with E-state index in [1.54, 1.807) is 12.1 Å². The predicted octanol–water partition coefficient (Wildman–Crippen LogP) is 0.902. The van der Waals surface area contributed by atoms with Gasteiger partial charge in [0.05, 0.1) is 6.42 Å². The third-order valence-electron chi connectivity index (χ3n) is 2.79. The molecule has 0 saturated heterocycles. The van der Waals surface area contributed by atoms with Gasteiger partial charge in [0.1, 0.15) is 0 Å².